The molecule has 4 heteroatoms. The first-order valence-corrected chi connectivity index (χ1v) is 8.69. The molecule has 114 valence electrons. The fraction of sp³-hybridized carbons (Fsp3) is 0.625. The zero-order chi connectivity index (χ0) is 15.1. The van der Waals surface area contributed by atoms with Crippen LogP contribution in [0.2, 0.25) is 0 Å². The van der Waals surface area contributed by atoms with Crippen LogP contribution in [0.1, 0.15) is 38.8 Å². The molecule has 0 saturated carbocycles. The van der Waals surface area contributed by atoms with Crippen molar-refractivity contribution in [1.29, 1.82) is 0 Å². The summed E-state index contributed by atoms with van der Waals surface area (Å²) in [4.78, 5) is 2.11. The lowest BCUT2D eigenvalue weighted by molar-refractivity contribution is 0.568. The third-order valence-electron chi connectivity index (χ3n) is 3.73. The average molecular weight is 298 g/mol. The van der Waals surface area contributed by atoms with Crippen molar-refractivity contribution in [2.45, 2.75) is 39.3 Å². The van der Waals surface area contributed by atoms with Gasteiger partial charge < -0.3 is 10.2 Å². The minimum Gasteiger partial charge on any atom is -0.368 e. The summed E-state index contributed by atoms with van der Waals surface area (Å²) in [7, 11) is 2.00. The summed E-state index contributed by atoms with van der Waals surface area (Å²) in [6, 6.07) is 5.88. The molecule has 0 radical (unpaired) electrons. The monoisotopic (exact) mass is 298 g/mol. The van der Waals surface area contributed by atoms with Gasteiger partial charge in [0.2, 0.25) is 0 Å². The van der Waals surface area contributed by atoms with Crippen molar-refractivity contribution in [1.82, 2.24) is 5.32 Å². The highest BCUT2D eigenvalue weighted by Gasteiger charge is 2.21. The molecule has 0 amide bonds. The highest BCUT2D eigenvalue weighted by atomic mass is 32.2. The number of nitrogens with zero attached hydrogens (tertiary/aromatic N) is 1. The van der Waals surface area contributed by atoms with E-state index in [0.29, 0.717) is 6.04 Å². The molecular formula is C16H27FN2S. The average Bonchev–Trinajstić information content (AvgIpc) is 2.44. The van der Waals surface area contributed by atoms with E-state index in [1.807, 2.05) is 24.9 Å². The Morgan fingerprint density at radius 2 is 2.05 bits per heavy atom. The molecule has 0 aliphatic heterocycles. The molecule has 2 atom stereocenters. The van der Waals surface area contributed by atoms with Crippen molar-refractivity contribution in [2.24, 2.45) is 0 Å². The summed E-state index contributed by atoms with van der Waals surface area (Å²) in [5, 5.41) is 3.37. The van der Waals surface area contributed by atoms with Crippen LogP contribution in [-0.4, -0.2) is 31.6 Å². The van der Waals surface area contributed by atoms with Crippen molar-refractivity contribution >= 4 is 17.4 Å². The van der Waals surface area contributed by atoms with Crippen molar-refractivity contribution in [3.63, 3.8) is 0 Å². The molecular weight excluding hydrogens is 271 g/mol. The number of benzene rings is 1. The standard InChI is InChI=1S/C16H27FN2S/c1-6-13(11-20-5)19(4)16-14(12(3)18-7-2)9-8-10-15(16)17/h8-10,12-13,18H,6-7,11H2,1-5H3. The van der Waals surface area contributed by atoms with Gasteiger partial charge in [0.15, 0.2) is 0 Å². The van der Waals surface area contributed by atoms with Crippen molar-refractivity contribution in [2.75, 3.05) is 30.5 Å². The van der Waals surface area contributed by atoms with Crippen LogP contribution in [0.15, 0.2) is 18.2 Å². The fourth-order valence-electron chi connectivity index (χ4n) is 2.55. The summed E-state index contributed by atoms with van der Waals surface area (Å²) in [6.45, 7) is 7.20. The van der Waals surface area contributed by atoms with E-state index >= 15 is 0 Å². The second-order valence-electron chi connectivity index (χ2n) is 5.09. The summed E-state index contributed by atoms with van der Waals surface area (Å²) in [6.07, 6.45) is 3.11. The maximum Gasteiger partial charge on any atom is 0.146 e. The maximum absolute atomic E-state index is 14.4. The lowest BCUT2D eigenvalue weighted by Gasteiger charge is -2.32. The number of halogens is 1. The predicted molar refractivity (Wildman–Crippen MR) is 89.4 cm³/mol. The van der Waals surface area contributed by atoms with Gasteiger partial charge in [0.25, 0.3) is 0 Å². The van der Waals surface area contributed by atoms with Gasteiger partial charge in [-0.3, -0.25) is 0 Å². The van der Waals surface area contributed by atoms with Gasteiger partial charge in [-0.15, -0.1) is 0 Å². The summed E-state index contributed by atoms with van der Waals surface area (Å²) < 4.78 is 14.4. The van der Waals surface area contributed by atoms with Crippen LogP contribution in [-0.2, 0) is 0 Å². The number of nitrogens with one attached hydrogen (secondary N) is 1. The van der Waals surface area contributed by atoms with E-state index < -0.39 is 0 Å². The first-order chi connectivity index (χ1) is 9.56. The van der Waals surface area contributed by atoms with Crippen LogP contribution in [0.3, 0.4) is 0 Å². The van der Waals surface area contributed by atoms with Gasteiger partial charge in [0.1, 0.15) is 5.82 Å². The maximum atomic E-state index is 14.4. The Balaban J connectivity index is 3.14. The molecule has 0 heterocycles. The van der Waals surface area contributed by atoms with Crippen LogP contribution in [0, 0.1) is 5.82 Å². The molecule has 0 fully saturated rings. The van der Waals surface area contributed by atoms with Gasteiger partial charge in [-0.2, -0.15) is 11.8 Å². The summed E-state index contributed by atoms with van der Waals surface area (Å²) >= 11 is 1.81. The van der Waals surface area contributed by atoms with E-state index in [0.717, 1.165) is 30.0 Å². The first-order valence-electron chi connectivity index (χ1n) is 7.30. The second-order valence-corrected chi connectivity index (χ2v) is 6.00. The molecule has 0 saturated heterocycles. The SMILES string of the molecule is CCNC(C)c1cccc(F)c1N(C)C(CC)CSC. The predicted octanol–water partition coefficient (Wildman–Crippen LogP) is 4.07. The van der Waals surface area contributed by atoms with Crippen LogP contribution in [0.5, 0.6) is 0 Å². The Kier molecular flexibility index (Phi) is 7.38. The topological polar surface area (TPSA) is 15.3 Å². The van der Waals surface area contributed by atoms with Crippen molar-refractivity contribution in [3.8, 4) is 0 Å². The molecule has 0 aliphatic carbocycles. The number of rotatable bonds is 8. The van der Waals surface area contributed by atoms with Gasteiger partial charge in [0, 0.05) is 24.9 Å². The van der Waals surface area contributed by atoms with E-state index in [2.05, 4.69) is 37.2 Å². The Morgan fingerprint density at radius 1 is 1.35 bits per heavy atom. The molecule has 2 unspecified atom stereocenters. The number of hydrogen-bond acceptors (Lipinski definition) is 3. The molecule has 2 nitrogen and oxygen atoms in total. The Hall–Kier alpha value is -0.740. The molecule has 1 N–H and O–H groups in total. The molecule has 0 aromatic heterocycles. The first kappa shape index (κ1) is 17.3. The quantitative estimate of drug-likeness (QED) is 0.778. The minimum absolute atomic E-state index is 0.130. The smallest absolute Gasteiger partial charge is 0.146 e. The third kappa shape index (κ3) is 4.13. The van der Waals surface area contributed by atoms with Gasteiger partial charge in [-0.1, -0.05) is 26.0 Å². The highest BCUT2D eigenvalue weighted by molar-refractivity contribution is 7.98. The van der Waals surface area contributed by atoms with Crippen LogP contribution < -0.4 is 10.2 Å². The number of anilines is 1. The number of para-hydroxylation sites is 1. The van der Waals surface area contributed by atoms with Crippen molar-refractivity contribution in [3.05, 3.63) is 29.6 Å². The molecule has 20 heavy (non-hydrogen) atoms. The van der Waals surface area contributed by atoms with E-state index in [1.165, 1.54) is 0 Å². The number of thioether (sulfide) groups is 1. The normalized spacial score (nSPS) is 14.1. The van der Waals surface area contributed by atoms with Gasteiger partial charge in [-0.05, 0) is 37.8 Å². The van der Waals surface area contributed by atoms with E-state index in [9.17, 15) is 4.39 Å². The largest absolute Gasteiger partial charge is 0.368 e. The second kappa shape index (κ2) is 8.53. The zero-order valence-electron chi connectivity index (χ0n) is 13.2. The van der Waals surface area contributed by atoms with E-state index in [1.54, 1.807) is 12.1 Å². The van der Waals surface area contributed by atoms with Crippen LogP contribution >= 0.6 is 11.8 Å². The zero-order valence-corrected chi connectivity index (χ0v) is 14.1. The third-order valence-corrected chi connectivity index (χ3v) is 4.44. The fourth-order valence-corrected chi connectivity index (χ4v) is 3.39. The Labute approximate surface area is 127 Å². The van der Waals surface area contributed by atoms with E-state index in [4.69, 9.17) is 0 Å². The van der Waals surface area contributed by atoms with E-state index in [-0.39, 0.29) is 11.9 Å². The van der Waals surface area contributed by atoms with Gasteiger partial charge in [0.05, 0.1) is 5.69 Å². The molecule has 1 aromatic carbocycles. The molecule has 0 spiro atoms. The minimum atomic E-state index is -0.130. The van der Waals surface area contributed by atoms with Gasteiger partial charge >= 0.3 is 0 Å². The molecule has 1 rings (SSSR count). The lowest BCUT2D eigenvalue weighted by Crippen LogP contribution is -2.35. The van der Waals surface area contributed by atoms with Crippen LogP contribution in [0.4, 0.5) is 10.1 Å². The van der Waals surface area contributed by atoms with Crippen LogP contribution in [0.25, 0.3) is 0 Å². The Bertz CT molecular complexity index is 411. The summed E-state index contributed by atoms with van der Waals surface area (Å²) in [5.41, 5.74) is 1.77. The molecule has 0 aliphatic rings. The molecule has 0 bridgehead atoms. The molecule has 1 aromatic rings. The summed E-state index contributed by atoms with van der Waals surface area (Å²) in [5.74, 6) is 0.880. The Morgan fingerprint density at radius 3 is 2.60 bits per heavy atom. The van der Waals surface area contributed by atoms with Gasteiger partial charge in [-0.25, -0.2) is 4.39 Å². The lowest BCUT2D eigenvalue weighted by atomic mass is 10.0. The highest BCUT2D eigenvalue weighted by Crippen LogP contribution is 2.31. The van der Waals surface area contributed by atoms with Crippen molar-refractivity contribution < 1.29 is 4.39 Å². The number of hydrogen-bond donors (Lipinski definition) is 1.